The average molecular weight is 326 g/mol. The van der Waals surface area contributed by atoms with Gasteiger partial charge in [0.05, 0.1) is 4.92 Å². The van der Waals surface area contributed by atoms with Crippen LogP contribution in [0.25, 0.3) is 0 Å². The van der Waals surface area contributed by atoms with Crippen LogP contribution in [0, 0.1) is 10.1 Å². The zero-order chi connectivity index (χ0) is 16.5. The van der Waals surface area contributed by atoms with E-state index >= 15 is 0 Å². The molecule has 0 radical (unpaired) electrons. The lowest BCUT2D eigenvalue weighted by atomic mass is 9.92. The normalized spacial score (nSPS) is 12.1. The highest BCUT2D eigenvalue weighted by Crippen LogP contribution is 2.32. The predicted octanol–water partition coefficient (Wildman–Crippen LogP) is 2.65. The summed E-state index contributed by atoms with van der Waals surface area (Å²) in [5.41, 5.74) is -0.492. The molecule has 0 atom stereocenters. The van der Waals surface area contributed by atoms with Crippen molar-refractivity contribution in [1.82, 2.24) is 5.16 Å². The third-order valence-electron chi connectivity index (χ3n) is 2.76. The van der Waals surface area contributed by atoms with Crippen molar-refractivity contribution in [1.29, 1.82) is 0 Å². The monoisotopic (exact) mass is 326 g/mol. The molecule has 0 saturated heterocycles. The summed E-state index contributed by atoms with van der Waals surface area (Å²) in [6, 6.07) is 4.61. The lowest BCUT2D eigenvalue weighted by molar-refractivity contribution is -0.385. The molecule has 0 aliphatic carbocycles. The van der Waals surface area contributed by atoms with Crippen LogP contribution in [0.3, 0.4) is 0 Å². The van der Waals surface area contributed by atoms with Crippen LogP contribution in [0.2, 0.25) is 0 Å². The molecular weight excluding hydrogens is 312 g/mol. The first-order chi connectivity index (χ1) is 10.1. The molecule has 0 amide bonds. The zero-order valence-corrected chi connectivity index (χ0v) is 13.0. The van der Waals surface area contributed by atoms with Crippen molar-refractivity contribution in [2.75, 3.05) is 0 Å². The number of non-ortho nitro benzene ring substituents is 1. The van der Waals surface area contributed by atoms with Gasteiger partial charge in [0.25, 0.3) is 5.69 Å². The Labute approximate surface area is 127 Å². The first kappa shape index (κ1) is 16.0. The molecule has 1 aromatic heterocycles. The van der Waals surface area contributed by atoms with E-state index in [2.05, 4.69) is 5.16 Å². The highest BCUT2D eigenvalue weighted by Gasteiger charge is 2.28. The summed E-state index contributed by atoms with van der Waals surface area (Å²) in [5.74, 6) is -0.0426. The van der Waals surface area contributed by atoms with Crippen molar-refractivity contribution in [2.24, 2.45) is 0 Å². The summed E-state index contributed by atoms with van der Waals surface area (Å²) in [5, 5.41) is 14.5. The van der Waals surface area contributed by atoms with Crippen LogP contribution in [0.4, 0.5) is 5.69 Å². The van der Waals surface area contributed by atoms with Gasteiger partial charge in [-0.15, -0.1) is 0 Å². The number of nitro benzene ring substituents is 1. The number of aromatic nitrogens is 1. The van der Waals surface area contributed by atoms with Gasteiger partial charge in [-0.25, -0.2) is 0 Å². The number of benzene rings is 1. The third-order valence-corrected chi connectivity index (χ3v) is 3.99. The van der Waals surface area contributed by atoms with Crippen molar-refractivity contribution in [2.45, 2.75) is 31.1 Å². The molecule has 0 spiro atoms. The summed E-state index contributed by atoms with van der Waals surface area (Å²) in [4.78, 5) is 9.73. The van der Waals surface area contributed by atoms with Gasteiger partial charge in [-0.05, 0) is 6.07 Å². The molecule has 0 aliphatic rings. The van der Waals surface area contributed by atoms with E-state index in [4.69, 9.17) is 8.71 Å². The van der Waals surface area contributed by atoms with E-state index in [0.29, 0.717) is 5.69 Å². The highest BCUT2D eigenvalue weighted by atomic mass is 32.2. The van der Waals surface area contributed by atoms with Gasteiger partial charge in [0.2, 0.25) is 5.75 Å². The molecule has 1 heterocycles. The predicted molar refractivity (Wildman–Crippen MR) is 76.1 cm³/mol. The molecule has 0 saturated carbocycles. The highest BCUT2D eigenvalue weighted by molar-refractivity contribution is 7.87. The second-order valence-electron chi connectivity index (χ2n) is 5.57. The second-order valence-corrected chi connectivity index (χ2v) is 7.12. The molecule has 0 N–H and O–H groups in total. The summed E-state index contributed by atoms with van der Waals surface area (Å²) in [6.07, 6.45) is 1.08. The SMILES string of the molecule is CC(C)(C)c1nocc1OS(=O)(=O)c1cccc([N+](=O)[O-])c1. The molecule has 8 nitrogen and oxygen atoms in total. The Hall–Kier alpha value is -2.42. The fourth-order valence-corrected chi connectivity index (χ4v) is 2.67. The first-order valence-electron chi connectivity index (χ1n) is 6.25. The van der Waals surface area contributed by atoms with Crippen molar-refractivity contribution in [3.8, 4) is 5.75 Å². The maximum Gasteiger partial charge on any atom is 0.339 e. The van der Waals surface area contributed by atoms with E-state index in [-0.39, 0.29) is 16.3 Å². The van der Waals surface area contributed by atoms with Crippen molar-refractivity contribution in [3.63, 3.8) is 0 Å². The van der Waals surface area contributed by atoms with E-state index in [1.54, 1.807) is 0 Å². The number of nitrogens with zero attached hydrogens (tertiary/aromatic N) is 2. The summed E-state index contributed by atoms with van der Waals surface area (Å²) >= 11 is 0. The van der Waals surface area contributed by atoms with E-state index in [1.807, 2.05) is 20.8 Å². The van der Waals surface area contributed by atoms with Gasteiger partial charge < -0.3 is 8.71 Å². The Balaban J connectivity index is 2.39. The van der Waals surface area contributed by atoms with Crippen LogP contribution in [-0.2, 0) is 15.5 Å². The molecule has 0 bridgehead atoms. The van der Waals surface area contributed by atoms with E-state index in [1.165, 1.54) is 18.2 Å². The average Bonchev–Trinajstić information content (AvgIpc) is 2.86. The van der Waals surface area contributed by atoms with Gasteiger partial charge in [0.15, 0.2) is 6.26 Å². The lowest BCUT2D eigenvalue weighted by Crippen LogP contribution is -2.16. The Morgan fingerprint density at radius 2 is 2.00 bits per heavy atom. The fourth-order valence-electron chi connectivity index (χ4n) is 1.71. The van der Waals surface area contributed by atoms with Crippen molar-refractivity contribution in [3.05, 3.63) is 46.3 Å². The molecule has 1 aromatic carbocycles. The van der Waals surface area contributed by atoms with Gasteiger partial charge in [-0.1, -0.05) is 32.0 Å². The number of nitro groups is 1. The second kappa shape index (κ2) is 5.41. The van der Waals surface area contributed by atoms with Crippen LogP contribution in [-0.4, -0.2) is 18.5 Å². The molecule has 118 valence electrons. The minimum Gasteiger partial charge on any atom is -0.373 e. The summed E-state index contributed by atoms with van der Waals surface area (Å²) in [6.45, 7) is 5.45. The zero-order valence-electron chi connectivity index (χ0n) is 12.1. The maximum absolute atomic E-state index is 12.2. The Bertz CT molecular complexity index is 804. The van der Waals surface area contributed by atoms with Gasteiger partial charge in [-0.3, -0.25) is 10.1 Å². The molecule has 2 rings (SSSR count). The minimum absolute atomic E-state index is 0.0426. The molecule has 22 heavy (non-hydrogen) atoms. The van der Waals surface area contributed by atoms with Gasteiger partial charge in [0.1, 0.15) is 10.6 Å². The molecular formula is C13H14N2O6S. The Morgan fingerprint density at radius 3 is 2.59 bits per heavy atom. The standard InChI is InChI=1S/C13H14N2O6S/c1-13(2,3)12-11(8-20-14-12)21-22(18,19)10-6-4-5-9(7-10)15(16)17/h4-8H,1-3H3. The molecule has 9 heteroatoms. The van der Waals surface area contributed by atoms with Gasteiger partial charge >= 0.3 is 10.1 Å². The van der Waals surface area contributed by atoms with E-state index in [0.717, 1.165) is 12.3 Å². The van der Waals surface area contributed by atoms with Crippen molar-refractivity contribution >= 4 is 15.8 Å². The van der Waals surface area contributed by atoms with Crippen LogP contribution in [0.1, 0.15) is 26.5 Å². The van der Waals surface area contributed by atoms with Crippen LogP contribution in [0.5, 0.6) is 5.75 Å². The summed E-state index contributed by atoms with van der Waals surface area (Å²) in [7, 11) is -4.23. The summed E-state index contributed by atoms with van der Waals surface area (Å²) < 4.78 is 34.3. The maximum atomic E-state index is 12.2. The first-order valence-corrected chi connectivity index (χ1v) is 7.66. The van der Waals surface area contributed by atoms with Gasteiger partial charge in [0, 0.05) is 17.5 Å². The quantitative estimate of drug-likeness (QED) is 0.482. The number of rotatable bonds is 4. The molecule has 2 aromatic rings. The van der Waals surface area contributed by atoms with Crippen LogP contribution >= 0.6 is 0 Å². The fraction of sp³-hybridized carbons (Fsp3) is 0.308. The smallest absolute Gasteiger partial charge is 0.339 e. The van der Waals surface area contributed by atoms with Crippen LogP contribution < -0.4 is 4.18 Å². The van der Waals surface area contributed by atoms with E-state index in [9.17, 15) is 18.5 Å². The Morgan fingerprint density at radius 1 is 1.32 bits per heavy atom. The molecule has 0 fully saturated rings. The number of hydrogen-bond acceptors (Lipinski definition) is 7. The largest absolute Gasteiger partial charge is 0.373 e. The van der Waals surface area contributed by atoms with E-state index < -0.39 is 20.5 Å². The molecule has 0 unspecified atom stereocenters. The number of hydrogen-bond donors (Lipinski definition) is 0. The Kier molecular flexibility index (Phi) is 3.92. The van der Waals surface area contributed by atoms with Crippen molar-refractivity contribution < 1.29 is 22.0 Å². The minimum atomic E-state index is -4.23. The lowest BCUT2D eigenvalue weighted by Gasteiger charge is -2.16. The third kappa shape index (κ3) is 3.25. The topological polar surface area (TPSA) is 113 Å². The van der Waals surface area contributed by atoms with Crippen LogP contribution in [0.15, 0.2) is 39.9 Å². The van der Waals surface area contributed by atoms with Gasteiger partial charge in [-0.2, -0.15) is 8.42 Å². The molecule has 0 aliphatic heterocycles.